The Labute approximate surface area is 306 Å². The van der Waals surface area contributed by atoms with E-state index in [0.29, 0.717) is 0 Å². The van der Waals surface area contributed by atoms with Crippen molar-refractivity contribution in [2.45, 2.75) is 68.2 Å². The zero-order valence-corrected chi connectivity index (χ0v) is 29.9. The number of aryl methyl sites for hydroxylation is 1. The number of phenolic OH excluding ortho intramolecular Hbond substituents is 1. The molecule has 1 aliphatic heterocycles. The molecule has 1 saturated heterocycles. The molecule has 0 bridgehead atoms. The molecule has 8 atom stereocenters. The first kappa shape index (κ1) is 38.6. The molecule has 2 aromatic rings. The van der Waals surface area contributed by atoms with Crippen LogP contribution in [0.4, 0.5) is 0 Å². The molecule has 54 heavy (non-hydrogen) atoms. The number of hydrogen-bond donors (Lipinski definition) is 6. The SMILES string of the molecule is COC(=O)c1c(C)cc2c(c1OCC(N)=O)[C@]1(O)C(=O)c3cc4c(c(O)c3C(=O)[C@]1(OC)[C@H](O)C2)C(=O)C=C(N[C@H]1O[C@@H](C)[C@H](OC)[C@@H](O)[C@H]1OC)C4=O. The van der Waals surface area contributed by atoms with Crippen LogP contribution in [0.5, 0.6) is 11.5 Å². The molecule has 1 heterocycles. The van der Waals surface area contributed by atoms with Crippen LogP contribution in [0, 0.1) is 6.92 Å². The van der Waals surface area contributed by atoms with E-state index in [1.165, 1.54) is 27.2 Å². The number of aliphatic hydroxyl groups is 3. The third-order valence-corrected chi connectivity index (χ3v) is 10.5. The van der Waals surface area contributed by atoms with Crippen molar-refractivity contribution >= 4 is 35.0 Å². The number of phenols is 1. The summed E-state index contributed by atoms with van der Waals surface area (Å²) in [7, 11) is 4.60. The highest BCUT2D eigenvalue weighted by Gasteiger charge is 2.73. The largest absolute Gasteiger partial charge is 0.506 e. The van der Waals surface area contributed by atoms with E-state index in [1.807, 2.05) is 0 Å². The number of aromatic hydroxyl groups is 1. The third-order valence-electron chi connectivity index (χ3n) is 10.5. The van der Waals surface area contributed by atoms with Gasteiger partial charge in [-0.2, -0.15) is 0 Å². The highest BCUT2D eigenvalue weighted by Crippen LogP contribution is 2.57. The van der Waals surface area contributed by atoms with E-state index >= 15 is 0 Å². The van der Waals surface area contributed by atoms with Gasteiger partial charge in [0.1, 0.15) is 35.4 Å². The highest BCUT2D eigenvalue weighted by molar-refractivity contribution is 6.31. The fourth-order valence-electron chi connectivity index (χ4n) is 8.11. The van der Waals surface area contributed by atoms with Gasteiger partial charge < -0.3 is 59.9 Å². The van der Waals surface area contributed by atoms with Gasteiger partial charge in [-0.15, -0.1) is 0 Å². The lowest BCUT2D eigenvalue weighted by molar-refractivity contribution is -0.236. The summed E-state index contributed by atoms with van der Waals surface area (Å²) >= 11 is 0. The first-order valence-electron chi connectivity index (χ1n) is 16.5. The number of nitrogens with one attached hydrogen (secondary N) is 1. The average molecular weight is 755 g/mol. The lowest BCUT2D eigenvalue weighted by Gasteiger charge is -2.53. The first-order valence-corrected chi connectivity index (χ1v) is 16.5. The van der Waals surface area contributed by atoms with E-state index in [4.69, 9.17) is 34.2 Å². The number of fused-ring (bicyclic) bond motifs is 5. The average Bonchev–Trinajstić information content (AvgIpc) is 3.11. The molecule has 7 N–H and O–H groups in total. The lowest BCUT2D eigenvalue weighted by atomic mass is 9.56. The summed E-state index contributed by atoms with van der Waals surface area (Å²) in [6, 6.07) is 2.18. The number of ketones is 4. The highest BCUT2D eigenvalue weighted by atomic mass is 16.6. The summed E-state index contributed by atoms with van der Waals surface area (Å²) in [6.07, 6.45) is -6.73. The molecule has 1 fully saturated rings. The molecule has 0 saturated carbocycles. The quantitative estimate of drug-likeness (QED) is 0.166. The Morgan fingerprint density at radius 3 is 2.26 bits per heavy atom. The molecule has 4 aliphatic rings. The van der Waals surface area contributed by atoms with Crippen LogP contribution < -0.4 is 15.8 Å². The Balaban J connectivity index is 1.54. The summed E-state index contributed by atoms with van der Waals surface area (Å²) in [5.41, 5.74) is -4.84. The molecular formula is C36H38N2O16. The minimum absolute atomic E-state index is 0.00191. The van der Waals surface area contributed by atoms with Crippen LogP contribution in [0.3, 0.4) is 0 Å². The summed E-state index contributed by atoms with van der Waals surface area (Å²) in [6.45, 7) is 2.19. The van der Waals surface area contributed by atoms with Crippen LogP contribution >= 0.6 is 0 Å². The Hall–Kier alpha value is -5.08. The van der Waals surface area contributed by atoms with Gasteiger partial charge >= 0.3 is 5.97 Å². The van der Waals surface area contributed by atoms with Crippen LogP contribution in [-0.4, -0.2) is 133 Å². The summed E-state index contributed by atoms with van der Waals surface area (Å²) in [5.74, 6) is -8.45. The Kier molecular flexibility index (Phi) is 9.77. The van der Waals surface area contributed by atoms with Crippen molar-refractivity contribution < 1.29 is 77.6 Å². The first-order chi connectivity index (χ1) is 25.5. The van der Waals surface area contributed by atoms with Gasteiger partial charge in [-0.3, -0.25) is 24.0 Å². The predicted octanol–water partition coefficient (Wildman–Crippen LogP) is -1.09. The zero-order chi connectivity index (χ0) is 39.8. The number of rotatable bonds is 9. The summed E-state index contributed by atoms with van der Waals surface area (Å²) in [4.78, 5) is 82.1. The van der Waals surface area contributed by atoms with E-state index in [2.05, 4.69) is 5.32 Å². The van der Waals surface area contributed by atoms with E-state index in [0.717, 1.165) is 26.4 Å². The Bertz CT molecular complexity index is 2060. The van der Waals surface area contributed by atoms with Gasteiger partial charge in [0.2, 0.25) is 17.3 Å². The second-order valence-electron chi connectivity index (χ2n) is 13.3. The maximum Gasteiger partial charge on any atom is 0.341 e. The maximum absolute atomic E-state index is 14.9. The van der Waals surface area contributed by atoms with Gasteiger partial charge in [-0.1, -0.05) is 6.07 Å². The van der Waals surface area contributed by atoms with E-state index < -0.39 is 141 Å². The van der Waals surface area contributed by atoms with Gasteiger partial charge in [-0.25, -0.2) is 4.79 Å². The molecule has 0 unspecified atom stereocenters. The Morgan fingerprint density at radius 1 is 1.00 bits per heavy atom. The third kappa shape index (κ3) is 5.20. The number of benzene rings is 2. The molecule has 18 heteroatoms. The molecule has 1 amide bonds. The fraction of sp³-hybridized carbons (Fsp3) is 0.444. The second kappa shape index (κ2) is 13.6. The monoisotopic (exact) mass is 754 g/mol. The number of allylic oxidation sites excluding steroid dienone is 2. The smallest absolute Gasteiger partial charge is 0.341 e. The number of esters is 1. The van der Waals surface area contributed by atoms with Gasteiger partial charge in [0.25, 0.3) is 5.91 Å². The number of nitrogens with two attached hydrogens (primary N) is 1. The van der Waals surface area contributed by atoms with Crippen molar-refractivity contribution in [3.63, 3.8) is 0 Å². The number of carbonyl (C=O) groups is 6. The normalized spacial score (nSPS) is 30.1. The zero-order valence-electron chi connectivity index (χ0n) is 29.9. The molecule has 288 valence electrons. The molecule has 0 aromatic heterocycles. The number of Topliss-reactive ketones (excluding diaryl/α,β-unsaturated/α-hetero) is 3. The molecule has 6 rings (SSSR count). The number of ether oxygens (including phenoxy) is 6. The van der Waals surface area contributed by atoms with Crippen molar-refractivity contribution in [3.8, 4) is 11.5 Å². The van der Waals surface area contributed by atoms with Crippen molar-refractivity contribution in [3.05, 3.63) is 68.4 Å². The molecule has 3 aliphatic carbocycles. The minimum Gasteiger partial charge on any atom is -0.506 e. The Morgan fingerprint density at radius 2 is 1.67 bits per heavy atom. The topological polar surface area (TPSA) is 277 Å². The molecule has 18 nitrogen and oxygen atoms in total. The number of carbonyl (C=O) groups excluding carboxylic acids is 6. The van der Waals surface area contributed by atoms with Crippen molar-refractivity contribution in [1.29, 1.82) is 0 Å². The number of methoxy groups -OCH3 is 4. The fourth-order valence-corrected chi connectivity index (χ4v) is 8.11. The van der Waals surface area contributed by atoms with Crippen molar-refractivity contribution in [2.75, 3.05) is 35.0 Å². The number of primary amides is 1. The minimum atomic E-state index is -3.27. The van der Waals surface area contributed by atoms with Gasteiger partial charge in [0.05, 0.1) is 36.1 Å². The molecule has 2 aromatic carbocycles. The molecule has 0 spiro atoms. The number of aliphatic hydroxyl groups excluding tert-OH is 2. The van der Waals surface area contributed by atoms with Gasteiger partial charge in [0.15, 0.2) is 29.8 Å². The molecule has 0 radical (unpaired) electrons. The second-order valence-corrected chi connectivity index (χ2v) is 13.3. The standard InChI is InChI=1S/C36H38N2O16/c1-12-7-14-8-19(40)36(52-6)32(46)23-16(31(45)35(36,48)24(14)29(53-11-20(37)41)21(12)34(47)51-5)9-15-22(26(23)43)18(39)10-17(25(15)42)38-33-30(50-4)27(44)28(49-3)13(2)54-33/h7,9-10,13,19,27-28,30,33,38,40,43-44,48H,8,11H2,1-6H3,(H2,37,41)/t13-,19+,27+,28-,30+,33-,35-,36+/m0/s1. The van der Waals surface area contributed by atoms with E-state index in [1.54, 1.807) is 6.92 Å². The van der Waals surface area contributed by atoms with Crippen molar-refractivity contribution in [2.24, 2.45) is 5.73 Å². The van der Waals surface area contributed by atoms with Crippen LogP contribution in [0.1, 0.15) is 75.4 Å². The van der Waals surface area contributed by atoms with Crippen molar-refractivity contribution in [1.82, 2.24) is 5.32 Å². The van der Waals surface area contributed by atoms with Crippen LogP contribution in [0.2, 0.25) is 0 Å². The van der Waals surface area contributed by atoms with Crippen LogP contribution in [-0.2, 0) is 40.5 Å². The molecular weight excluding hydrogens is 716 g/mol. The predicted molar refractivity (Wildman–Crippen MR) is 179 cm³/mol. The van der Waals surface area contributed by atoms with E-state index in [9.17, 15) is 49.2 Å². The van der Waals surface area contributed by atoms with Crippen LogP contribution in [0.25, 0.3) is 0 Å². The number of hydrogen-bond acceptors (Lipinski definition) is 17. The number of amides is 1. The summed E-state index contributed by atoms with van der Waals surface area (Å²) in [5, 5.41) is 49.5. The van der Waals surface area contributed by atoms with Gasteiger partial charge in [0, 0.05) is 50.5 Å². The lowest BCUT2D eigenvalue weighted by Crippen LogP contribution is -2.73. The maximum atomic E-state index is 14.9. The summed E-state index contributed by atoms with van der Waals surface area (Å²) < 4.78 is 32.7. The van der Waals surface area contributed by atoms with Crippen LogP contribution in [0.15, 0.2) is 23.9 Å². The van der Waals surface area contributed by atoms with Gasteiger partial charge in [-0.05, 0) is 31.0 Å². The van der Waals surface area contributed by atoms with E-state index in [-0.39, 0.29) is 16.7 Å².